The number of aromatic amines is 1. The van der Waals surface area contributed by atoms with Crippen LogP contribution in [0.3, 0.4) is 0 Å². The fraction of sp³-hybridized carbons (Fsp3) is 0.524. The lowest BCUT2D eigenvalue weighted by molar-refractivity contribution is -0.142. The first-order chi connectivity index (χ1) is 15.0. The smallest absolute Gasteiger partial charge is 0.305 e. The predicted molar refractivity (Wildman–Crippen MR) is 116 cm³/mol. The molecule has 2 aliphatic heterocycles. The molecule has 2 aromatic rings. The first kappa shape index (κ1) is 19.8. The highest BCUT2D eigenvalue weighted by atomic mass is 32.2. The fourth-order valence-corrected chi connectivity index (χ4v) is 10.3. The Balaban J connectivity index is 1.36. The van der Waals surface area contributed by atoms with Gasteiger partial charge < -0.3 is 10.1 Å². The third kappa shape index (κ3) is 2.77. The first-order valence-corrected chi connectivity index (χ1v) is 13.0. The van der Waals surface area contributed by atoms with E-state index in [1.54, 1.807) is 23.1 Å². The summed E-state index contributed by atoms with van der Waals surface area (Å²) in [5, 5.41) is 12.1. The van der Waals surface area contributed by atoms with Crippen molar-refractivity contribution < 1.29 is 19.5 Å². The Kier molecular flexibility index (Phi) is 4.49. The van der Waals surface area contributed by atoms with Gasteiger partial charge in [0, 0.05) is 33.9 Å². The van der Waals surface area contributed by atoms with E-state index in [1.807, 2.05) is 11.4 Å². The number of H-pyrrole nitrogens is 1. The number of nitrogens with zero attached hydrogens (tertiary/aromatic N) is 1. The van der Waals surface area contributed by atoms with Crippen LogP contribution in [-0.2, 0) is 14.4 Å². The van der Waals surface area contributed by atoms with Gasteiger partial charge in [0.1, 0.15) is 0 Å². The van der Waals surface area contributed by atoms with Crippen LogP contribution in [0, 0.1) is 29.6 Å². The van der Waals surface area contributed by atoms with Crippen LogP contribution >= 0.6 is 34.4 Å². The van der Waals surface area contributed by atoms with E-state index in [0.29, 0.717) is 6.42 Å². The van der Waals surface area contributed by atoms with Gasteiger partial charge in [0.25, 0.3) is 0 Å². The number of hydrogen-bond acceptors (Lipinski definition) is 7. The fourth-order valence-electron chi connectivity index (χ4n) is 6.47. The molecule has 2 N–H and O–H groups in total. The Morgan fingerprint density at radius 1 is 1.19 bits per heavy atom. The highest BCUT2D eigenvalue weighted by molar-refractivity contribution is 8.00. The number of fused-ring (bicyclic) bond motifs is 9. The van der Waals surface area contributed by atoms with E-state index in [1.165, 1.54) is 21.1 Å². The van der Waals surface area contributed by atoms with E-state index in [-0.39, 0.29) is 70.4 Å². The van der Waals surface area contributed by atoms with Gasteiger partial charge in [-0.3, -0.25) is 24.1 Å². The average Bonchev–Trinajstić information content (AvgIpc) is 3.51. The summed E-state index contributed by atoms with van der Waals surface area (Å²) in [5.41, 5.74) is 0. The Hall–Kier alpha value is -1.91. The van der Waals surface area contributed by atoms with Crippen molar-refractivity contribution in [2.45, 2.75) is 35.5 Å². The molecular formula is C21H20N2O5S3. The number of thiophene rings is 1. The van der Waals surface area contributed by atoms with Crippen molar-refractivity contribution in [3.05, 3.63) is 36.9 Å². The summed E-state index contributed by atoms with van der Waals surface area (Å²) in [6.45, 7) is 0.188. The van der Waals surface area contributed by atoms with Crippen molar-refractivity contribution in [1.82, 2.24) is 9.88 Å². The van der Waals surface area contributed by atoms with E-state index in [2.05, 4.69) is 11.1 Å². The third-order valence-electron chi connectivity index (χ3n) is 7.44. The molecule has 2 aliphatic carbocycles. The summed E-state index contributed by atoms with van der Waals surface area (Å²) in [6, 6.07) is 4.13. The molecule has 7 nitrogen and oxygen atoms in total. The summed E-state index contributed by atoms with van der Waals surface area (Å²) >= 11 is 4.64. The second-order valence-electron chi connectivity index (χ2n) is 8.80. The van der Waals surface area contributed by atoms with E-state index < -0.39 is 5.97 Å². The van der Waals surface area contributed by atoms with Crippen molar-refractivity contribution in [1.29, 1.82) is 0 Å². The molecule has 2 aromatic heterocycles. The van der Waals surface area contributed by atoms with Crippen molar-refractivity contribution in [3.8, 4) is 0 Å². The zero-order valence-corrected chi connectivity index (χ0v) is 18.8. The summed E-state index contributed by atoms with van der Waals surface area (Å²) in [6.07, 6.45) is 1.12. The Morgan fingerprint density at radius 3 is 2.68 bits per heavy atom. The minimum absolute atomic E-state index is 0.0473. The maximum Gasteiger partial charge on any atom is 0.305 e. The molecule has 0 radical (unpaired) electrons. The number of aliphatic carboxylic acids is 1. The standard InChI is InChI=1S/C21H20N2O5S3/c24-11(25)4-1-5-23-19(26)13-8-7-9(14(13)20(23)27)16-12(8)15(10-3-2-6-29-10)17-18(30-16)22-21(28)31-17/h2-3,6,8-9,12-16H,1,4-5,7H2,(H,22,28)(H,24,25)/t8-,9+,12+,13+,14+,15+,16-/m0/s1. The molecule has 0 unspecified atom stereocenters. The zero-order valence-electron chi connectivity index (χ0n) is 16.4. The van der Waals surface area contributed by atoms with Gasteiger partial charge >= 0.3 is 10.8 Å². The topological polar surface area (TPSA) is 108 Å². The van der Waals surface area contributed by atoms with E-state index in [4.69, 9.17) is 5.11 Å². The maximum absolute atomic E-state index is 13.3. The number of thioether (sulfide) groups is 1. The minimum Gasteiger partial charge on any atom is -0.481 e. The van der Waals surface area contributed by atoms with Crippen molar-refractivity contribution in [2.75, 3.05) is 6.54 Å². The molecule has 2 bridgehead atoms. The first-order valence-electron chi connectivity index (χ1n) is 10.5. The maximum atomic E-state index is 13.3. The van der Waals surface area contributed by atoms with Gasteiger partial charge in [-0.25, -0.2) is 0 Å². The molecule has 31 heavy (non-hydrogen) atoms. The molecule has 3 fully saturated rings. The normalized spacial score (nSPS) is 35.4. The summed E-state index contributed by atoms with van der Waals surface area (Å²) in [5.74, 6) is -1.21. The van der Waals surface area contributed by atoms with E-state index >= 15 is 0 Å². The third-order valence-corrected chi connectivity index (χ3v) is 11.0. The van der Waals surface area contributed by atoms with Crippen molar-refractivity contribution in [2.24, 2.45) is 29.6 Å². The largest absolute Gasteiger partial charge is 0.481 e. The van der Waals surface area contributed by atoms with Crippen molar-refractivity contribution in [3.63, 3.8) is 0 Å². The number of rotatable bonds is 5. The van der Waals surface area contributed by atoms with Crippen LogP contribution in [0.2, 0.25) is 0 Å². The van der Waals surface area contributed by atoms with Gasteiger partial charge in [0.2, 0.25) is 11.8 Å². The monoisotopic (exact) mass is 476 g/mol. The second kappa shape index (κ2) is 7.05. The number of thiazole rings is 1. The number of aromatic nitrogens is 1. The minimum atomic E-state index is -0.916. The number of nitrogens with one attached hydrogen (secondary N) is 1. The van der Waals surface area contributed by atoms with Crippen LogP contribution in [0.25, 0.3) is 0 Å². The van der Waals surface area contributed by atoms with Crippen LogP contribution in [0.15, 0.2) is 27.3 Å². The molecule has 0 spiro atoms. The Labute approximate surface area is 189 Å². The summed E-state index contributed by atoms with van der Waals surface area (Å²) in [7, 11) is 0. The van der Waals surface area contributed by atoms with Gasteiger partial charge in [-0.05, 0) is 42.0 Å². The number of hydrogen-bond donors (Lipinski definition) is 2. The molecule has 10 heteroatoms. The van der Waals surface area contributed by atoms with Gasteiger partial charge in [-0.1, -0.05) is 17.4 Å². The van der Waals surface area contributed by atoms with Gasteiger partial charge in [-0.2, -0.15) is 0 Å². The molecule has 4 heterocycles. The lowest BCUT2D eigenvalue weighted by atomic mass is 9.69. The highest BCUT2D eigenvalue weighted by Crippen LogP contribution is 2.68. The van der Waals surface area contributed by atoms with Gasteiger partial charge in [-0.15, -0.1) is 23.1 Å². The molecule has 1 saturated heterocycles. The van der Waals surface area contributed by atoms with Crippen LogP contribution in [0.1, 0.15) is 34.9 Å². The quantitative estimate of drug-likeness (QED) is 0.643. The number of likely N-dealkylation sites (tertiary alicyclic amines) is 1. The average molecular weight is 477 g/mol. The molecule has 2 amide bonds. The van der Waals surface area contributed by atoms with Crippen molar-refractivity contribution >= 4 is 52.2 Å². The Morgan fingerprint density at radius 2 is 1.97 bits per heavy atom. The van der Waals surface area contributed by atoms with Crippen LogP contribution in [0.4, 0.5) is 0 Å². The lowest BCUT2D eigenvalue weighted by Crippen LogP contribution is -2.42. The molecular weight excluding hydrogens is 456 g/mol. The van der Waals surface area contributed by atoms with Crippen LogP contribution < -0.4 is 4.87 Å². The summed E-state index contributed by atoms with van der Waals surface area (Å²) in [4.78, 5) is 56.0. The van der Waals surface area contributed by atoms with Crippen LogP contribution in [0.5, 0.6) is 0 Å². The molecule has 6 rings (SSSR count). The number of carbonyl (C=O) groups excluding carboxylic acids is 2. The second-order valence-corrected chi connectivity index (χ2v) is 12.0. The molecule has 0 aromatic carbocycles. The summed E-state index contributed by atoms with van der Waals surface area (Å²) < 4.78 is 0. The SMILES string of the molecule is O=C(O)CCCN1C(=O)[C@@H]2[C@H]3C[C@@H]([C@@H]4Sc5[nH]c(=O)sc5[C@H](c5cccs5)[C@@H]34)[C@H]2C1=O. The van der Waals surface area contributed by atoms with Gasteiger partial charge in [0.15, 0.2) is 0 Å². The number of carboxylic acids is 1. The lowest BCUT2D eigenvalue weighted by Gasteiger charge is -2.42. The molecule has 2 saturated carbocycles. The number of imide groups is 1. The van der Waals surface area contributed by atoms with E-state index in [0.717, 1.165) is 16.3 Å². The molecule has 4 aliphatic rings. The van der Waals surface area contributed by atoms with E-state index in [9.17, 15) is 19.2 Å². The van der Waals surface area contributed by atoms with Gasteiger partial charge in [0.05, 0.1) is 16.9 Å². The number of carbonyl (C=O) groups is 3. The highest BCUT2D eigenvalue weighted by Gasteiger charge is 2.69. The molecule has 7 atom stereocenters. The number of amides is 2. The predicted octanol–water partition coefficient (Wildman–Crippen LogP) is 2.84. The Bertz CT molecular complexity index is 1140. The van der Waals surface area contributed by atoms with Crippen LogP contribution in [-0.4, -0.2) is 44.6 Å². The zero-order chi connectivity index (χ0) is 21.4. The number of carboxylic acid groups (broad SMARTS) is 1. The molecule has 162 valence electrons.